The van der Waals surface area contributed by atoms with Crippen LogP contribution < -0.4 is 0 Å². The minimum atomic E-state index is 0.0720. The number of carbonyl (C=O) groups is 1. The number of likely N-dealkylation sites (tertiary alicyclic amines) is 1. The van der Waals surface area contributed by atoms with Crippen molar-refractivity contribution >= 4 is 11.6 Å². The van der Waals surface area contributed by atoms with Crippen molar-refractivity contribution in [3.05, 3.63) is 35.8 Å². The second-order valence-corrected chi connectivity index (χ2v) is 9.88. The summed E-state index contributed by atoms with van der Waals surface area (Å²) in [6, 6.07) is 6.67. The molecule has 1 N–H and O–H groups in total. The Bertz CT molecular complexity index is 914. The van der Waals surface area contributed by atoms with Crippen LogP contribution in [0.2, 0.25) is 0 Å². The highest BCUT2D eigenvalue weighted by molar-refractivity contribution is 5.94. The molecule has 0 aromatic carbocycles. The molecule has 174 valence electrons. The van der Waals surface area contributed by atoms with Gasteiger partial charge in [-0.2, -0.15) is 0 Å². The van der Waals surface area contributed by atoms with Crippen LogP contribution in [0.25, 0.3) is 5.65 Å². The Labute approximate surface area is 191 Å². The van der Waals surface area contributed by atoms with E-state index in [0.29, 0.717) is 24.2 Å². The summed E-state index contributed by atoms with van der Waals surface area (Å²) in [6.45, 7) is 6.35. The lowest BCUT2D eigenvalue weighted by atomic mass is 9.94. The van der Waals surface area contributed by atoms with E-state index in [0.717, 1.165) is 63.5 Å². The van der Waals surface area contributed by atoms with E-state index in [1.54, 1.807) is 0 Å². The maximum atomic E-state index is 13.6. The normalized spacial score (nSPS) is 24.3. The van der Waals surface area contributed by atoms with Crippen LogP contribution in [0, 0.1) is 5.92 Å². The van der Waals surface area contributed by atoms with Crippen molar-refractivity contribution in [1.29, 1.82) is 0 Å². The summed E-state index contributed by atoms with van der Waals surface area (Å²) in [6.07, 6.45) is 10.9. The average molecular weight is 440 g/mol. The molecular formula is C25H37N5O2. The Balaban J connectivity index is 1.32. The Morgan fingerprint density at radius 2 is 1.81 bits per heavy atom. The van der Waals surface area contributed by atoms with Crippen LogP contribution in [-0.2, 0) is 6.54 Å². The van der Waals surface area contributed by atoms with Crippen molar-refractivity contribution in [1.82, 2.24) is 24.1 Å². The van der Waals surface area contributed by atoms with Gasteiger partial charge in [0.05, 0.1) is 5.69 Å². The van der Waals surface area contributed by atoms with E-state index in [2.05, 4.69) is 14.2 Å². The second kappa shape index (κ2) is 9.89. The van der Waals surface area contributed by atoms with Gasteiger partial charge in [0.25, 0.3) is 5.91 Å². The van der Waals surface area contributed by atoms with Crippen molar-refractivity contribution in [2.45, 2.75) is 57.5 Å². The van der Waals surface area contributed by atoms with Crippen LogP contribution in [0.15, 0.2) is 24.4 Å². The lowest BCUT2D eigenvalue weighted by molar-refractivity contribution is 0.0515. The number of hydrogen-bond donors (Lipinski definition) is 1. The molecule has 0 radical (unpaired) electrons. The van der Waals surface area contributed by atoms with E-state index in [4.69, 9.17) is 4.98 Å². The van der Waals surface area contributed by atoms with Gasteiger partial charge < -0.3 is 14.4 Å². The summed E-state index contributed by atoms with van der Waals surface area (Å²) in [5.74, 6) is 0.401. The van der Waals surface area contributed by atoms with Gasteiger partial charge in [0, 0.05) is 58.1 Å². The first kappa shape index (κ1) is 21.9. The fourth-order valence-electron chi connectivity index (χ4n) is 5.91. The molecule has 3 fully saturated rings. The number of piperazine rings is 1. The van der Waals surface area contributed by atoms with Gasteiger partial charge in [0.2, 0.25) is 0 Å². The van der Waals surface area contributed by atoms with Crippen LogP contribution in [0.5, 0.6) is 0 Å². The summed E-state index contributed by atoms with van der Waals surface area (Å²) >= 11 is 0. The molecule has 0 bridgehead atoms. The molecule has 2 aromatic rings. The maximum absolute atomic E-state index is 13.6. The molecule has 1 amide bonds. The van der Waals surface area contributed by atoms with Crippen molar-refractivity contribution in [3.63, 3.8) is 0 Å². The molecule has 2 aliphatic heterocycles. The summed E-state index contributed by atoms with van der Waals surface area (Å²) in [4.78, 5) is 25.4. The molecule has 32 heavy (non-hydrogen) atoms. The molecule has 2 aromatic heterocycles. The quantitative estimate of drug-likeness (QED) is 0.776. The van der Waals surface area contributed by atoms with Gasteiger partial charge >= 0.3 is 0 Å². The Kier molecular flexibility index (Phi) is 6.76. The summed E-state index contributed by atoms with van der Waals surface area (Å²) < 4.78 is 2.08. The van der Waals surface area contributed by atoms with E-state index in [-0.39, 0.29) is 12.5 Å². The van der Waals surface area contributed by atoms with Gasteiger partial charge in [0.15, 0.2) is 5.69 Å². The number of aliphatic hydroxyl groups is 1. The Morgan fingerprint density at radius 1 is 1.00 bits per heavy atom. The molecule has 0 unspecified atom stereocenters. The number of aliphatic hydroxyl groups excluding tert-OH is 1. The molecule has 1 aliphatic carbocycles. The first-order chi connectivity index (χ1) is 15.7. The Hall–Kier alpha value is -1.96. The molecule has 3 aliphatic rings. The van der Waals surface area contributed by atoms with E-state index >= 15 is 0 Å². The summed E-state index contributed by atoms with van der Waals surface area (Å²) in [5.41, 5.74) is 2.43. The lowest BCUT2D eigenvalue weighted by Crippen LogP contribution is -2.52. The third-order valence-corrected chi connectivity index (χ3v) is 7.76. The number of piperidine rings is 1. The monoisotopic (exact) mass is 439 g/mol. The predicted octanol–water partition coefficient (Wildman–Crippen LogP) is 2.63. The number of amides is 1. The zero-order valence-electron chi connectivity index (χ0n) is 19.2. The molecule has 1 saturated carbocycles. The van der Waals surface area contributed by atoms with Crippen molar-refractivity contribution in [2.75, 3.05) is 45.9 Å². The Morgan fingerprint density at radius 3 is 2.59 bits per heavy atom. The number of pyridine rings is 1. The molecule has 1 atom stereocenters. The number of fused-ring (bicyclic) bond motifs is 1. The predicted molar refractivity (Wildman–Crippen MR) is 125 cm³/mol. The van der Waals surface area contributed by atoms with Crippen molar-refractivity contribution < 1.29 is 9.90 Å². The average Bonchev–Trinajstić information content (AvgIpc) is 3.22. The highest BCUT2D eigenvalue weighted by atomic mass is 16.3. The van der Waals surface area contributed by atoms with Gasteiger partial charge in [0.1, 0.15) is 5.65 Å². The zero-order valence-corrected chi connectivity index (χ0v) is 19.2. The van der Waals surface area contributed by atoms with E-state index in [9.17, 15) is 9.90 Å². The number of hydrogen-bond acceptors (Lipinski definition) is 5. The minimum Gasteiger partial charge on any atom is -0.396 e. The number of aromatic nitrogens is 2. The standard InChI is InChI=1S/C25H37N5O2/c31-19-20-7-6-11-27(17-20)18-22-24(26-23-10-4-5-12-30(22)23)25(32)29-15-13-28(14-16-29)21-8-2-1-3-9-21/h4-5,10,12,20-21,31H,1-3,6-9,11,13-19H2/t20-/m0/s1. The van der Waals surface area contributed by atoms with Gasteiger partial charge in [-0.05, 0) is 50.3 Å². The number of nitrogens with zero attached hydrogens (tertiary/aromatic N) is 5. The fraction of sp³-hybridized carbons (Fsp3) is 0.680. The molecule has 7 heteroatoms. The van der Waals surface area contributed by atoms with Gasteiger partial charge in [-0.25, -0.2) is 4.98 Å². The molecule has 2 saturated heterocycles. The van der Waals surface area contributed by atoms with E-state index < -0.39 is 0 Å². The molecule has 7 nitrogen and oxygen atoms in total. The summed E-state index contributed by atoms with van der Waals surface area (Å²) in [5, 5.41) is 9.63. The lowest BCUT2D eigenvalue weighted by Gasteiger charge is -2.40. The summed E-state index contributed by atoms with van der Waals surface area (Å²) in [7, 11) is 0. The highest BCUT2D eigenvalue weighted by Crippen LogP contribution is 2.25. The van der Waals surface area contributed by atoms with Crippen molar-refractivity contribution in [3.8, 4) is 0 Å². The number of imidazole rings is 1. The van der Waals surface area contributed by atoms with Gasteiger partial charge in [-0.3, -0.25) is 14.6 Å². The molecule has 5 rings (SSSR count). The first-order valence-electron chi connectivity index (χ1n) is 12.6. The largest absolute Gasteiger partial charge is 0.396 e. The second-order valence-electron chi connectivity index (χ2n) is 9.88. The maximum Gasteiger partial charge on any atom is 0.274 e. The van der Waals surface area contributed by atoms with Gasteiger partial charge in [-0.1, -0.05) is 25.3 Å². The van der Waals surface area contributed by atoms with Crippen LogP contribution in [-0.4, -0.2) is 87.0 Å². The third-order valence-electron chi connectivity index (χ3n) is 7.76. The van der Waals surface area contributed by atoms with Crippen LogP contribution in [0.4, 0.5) is 0 Å². The number of carbonyl (C=O) groups excluding carboxylic acids is 1. The zero-order chi connectivity index (χ0) is 21.9. The van der Waals surface area contributed by atoms with Crippen LogP contribution in [0.3, 0.4) is 0 Å². The number of rotatable bonds is 5. The third kappa shape index (κ3) is 4.56. The van der Waals surface area contributed by atoms with Crippen molar-refractivity contribution in [2.24, 2.45) is 5.92 Å². The first-order valence-corrected chi connectivity index (χ1v) is 12.6. The van der Waals surface area contributed by atoms with Gasteiger partial charge in [-0.15, -0.1) is 0 Å². The van der Waals surface area contributed by atoms with Crippen LogP contribution >= 0.6 is 0 Å². The van der Waals surface area contributed by atoms with E-state index in [1.165, 1.54) is 32.1 Å². The fourth-order valence-corrected chi connectivity index (χ4v) is 5.91. The molecule has 4 heterocycles. The minimum absolute atomic E-state index is 0.0720. The molecule has 0 spiro atoms. The highest BCUT2D eigenvalue weighted by Gasteiger charge is 2.31. The van der Waals surface area contributed by atoms with E-state index in [1.807, 2.05) is 29.3 Å². The van der Waals surface area contributed by atoms with Crippen LogP contribution in [0.1, 0.15) is 61.1 Å². The smallest absolute Gasteiger partial charge is 0.274 e. The molecular weight excluding hydrogens is 402 g/mol. The SMILES string of the molecule is O=C(c1nc2ccccn2c1CN1CCC[C@H](CO)C1)N1CCN(C2CCCCC2)CC1. The topological polar surface area (TPSA) is 64.3 Å².